The number of carbonyl (C=O) groups is 2. The number of rotatable bonds is 7. The number of methoxy groups -OCH3 is 2. The second-order valence-corrected chi connectivity index (χ2v) is 11.5. The third-order valence-corrected chi connectivity index (χ3v) is 7.96. The van der Waals surface area contributed by atoms with Crippen LogP contribution in [0.1, 0.15) is 43.2 Å². The number of nitrogens with one attached hydrogen (secondary N) is 2. The van der Waals surface area contributed by atoms with Crippen molar-refractivity contribution in [3.63, 3.8) is 0 Å². The Kier molecular flexibility index (Phi) is 7.17. The van der Waals surface area contributed by atoms with Gasteiger partial charge in [0.05, 0.1) is 44.7 Å². The fraction of sp³-hybridized carbons (Fsp3) is 0.333. The van der Waals surface area contributed by atoms with Crippen molar-refractivity contribution in [2.45, 2.75) is 39.3 Å². The highest BCUT2D eigenvalue weighted by atomic mass is 32.1. The summed E-state index contributed by atoms with van der Waals surface area (Å²) in [6.07, 6.45) is 1.16. The number of hydrogen-bond donors (Lipinski definition) is 2. The molecule has 7 nitrogen and oxygen atoms in total. The number of ether oxygens (including phenoxy) is 2. The topological polar surface area (TPSA) is 79.9 Å². The van der Waals surface area contributed by atoms with Crippen LogP contribution in [0.3, 0.4) is 0 Å². The van der Waals surface area contributed by atoms with E-state index < -0.39 is 6.04 Å². The molecule has 3 aromatic rings. The van der Waals surface area contributed by atoms with Crippen LogP contribution in [0, 0.1) is 5.41 Å². The van der Waals surface area contributed by atoms with Gasteiger partial charge >= 0.3 is 0 Å². The van der Waals surface area contributed by atoms with Crippen LogP contribution in [-0.4, -0.2) is 32.5 Å². The van der Waals surface area contributed by atoms with E-state index in [-0.39, 0.29) is 23.7 Å². The minimum Gasteiger partial charge on any atom is -0.493 e. The molecule has 1 amide bonds. The minimum absolute atomic E-state index is 0.0799. The summed E-state index contributed by atoms with van der Waals surface area (Å²) < 4.78 is 11.1. The predicted octanol–water partition coefficient (Wildman–Crippen LogP) is 5.70. The summed E-state index contributed by atoms with van der Waals surface area (Å²) in [5.74, 6) is 1.14. The number of para-hydroxylation sites is 2. The summed E-state index contributed by atoms with van der Waals surface area (Å²) >= 11 is 1.61. The molecule has 0 bridgehead atoms. The number of fused-ring (bicyclic) bond motifs is 1. The minimum atomic E-state index is -0.489. The molecule has 1 aliphatic heterocycles. The van der Waals surface area contributed by atoms with Crippen molar-refractivity contribution in [2.24, 2.45) is 5.41 Å². The van der Waals surface area contributed by atoms with E-state index in [1.54, 1.807) is 25.6 Å². The number of amides is 1. The van der Waals surface area contributed by atoms with Crippen LogP contribution in [0.15, 0.2) is 71.2 Å². The Labute approximate surface area is 227 Å². The first-order chi connectivity index (χ1) is 18.3. The smallest absolute Gasteiger partial charge is 0.239 e. The van der Waals surface area contributed by atoms with Crippen LogP contribution in [0.25, 0.3) is 0 Å². The number of anilines is 2. The van der Waals surface area contributed by atoms with Crippen molar-refractivity contribution in [1.82, 2.24) is 5.32 Å². The molecule has 5 rings (SSSR count). The van der Waals surface area contributed by atoms with E-state index in [1.807, 2.05) is 64.9 Å². The third kappa shape index (κ3) is 5.13. The van der Waals surface area contributed by atoms with E-state index in [0.717, 1.165) is 33.9 Å². The molecular formula is C30H33N3O4S. The molecule has 1 atom stereocenters. The molecule has 1 aliphatic carbocycles. The number of ketones is 1. The van der Waals surface area contributed by atoms with E-state index >= 15 is 0 Å². The third-order valence-electron chi connectivity index (χ3n) is 7.08. The van der Waals surface area contributed by atoms with E-state index in [2.05, 4.69) is 24.5 Å². The Hall–Kier alpha value is -3.78. The van der Waals surface area contributed by atoms with Gasteiger partial charge in [0.2, 0.25) is 5.91 Å². The number of allylic oxidation sites excluding steroid dienone is 1. The summed E-state index contributed by atoms with van der Waals surface area (Å²) in [5, 5.41) is 8.64. The van der Waals surface area contributed by atoms with Gasteiger partial charge in [0.15, 0.2) is 17.3 Å². The average molecular weight is 532 g/mol. The number of Topliss-reactive ketones (excluding diaryl/α,β-unsaturated/α-hetero) is 1. The van der Waals surface area contributed by atoms with E-state index in [0.29, 0.717) is 30.0 Å². The zero-order chi connectivity index (χ0) is 26.9. The number of carbonyl (C=O) groups excluding carboxylic acids is 2. The van der Waals surface area contributed by atoms with Crippen LogP contribution >= 0.6 is 11.3 Å². The van der Waals surface area contributed by atoms with E-state index in [4.69, 9.17) is 9.47 Å². The Morgan fingerprint density at radius 1 is 1.08 bits per heavy atom. The first-order valence-corrected chi connectivity index (χ1v) is 13.6. The molecule has 0 radical (unpaired) electrons. The maximum Gasteiger partial charge on any atom is 0.239 e. The van der Waals surface area contributed by atoms with Gasteiger partial charge in [0.1, 0.15) is 0 Å². The largest absolute Gasteiger partial charge is 0.493 e. The molecule has 2 heterocycles. The van der Waals surface area contributed by atoms with E-state index in [1.165, 1.54) is 0 Å². The molecule has 8 heteroatoms. The normalized spacial score (nSPS) is 18.2. The zero-order valence-electron chi connectivity index (χ0n) is 22.2. The van der Waals surface area contributed by atoms with Crippen LogP contribution in [-0.2, 0) is 16.1 Å². The Balaban J connectivity index is 1.63. The lowest BCUT2D eigenvalue weighted by atomic mass is 9.73. The lowest BCUT2D eigenvalue weighted by Crippen LogP contribution is -2.41. The summed E-state index contributed by atoms with van der Waals surface area (Å²) in [6, 6.07) is 17.1. The molecule has 2 N–H and O–H groups in total. The van der Waals surface area contributed by atoms with Gasteiger partial charge in [0, 0.05) is 22.6 Å². The fourth-order valence-electron chi connectivity index (χ4n) is 5.41. The van der Waals surface area contributed by atoms with Gasteiger partial charge in [-0.25, -0.2) is 0 Å². The van der Waals surface area contributed by atoms with Crippen molar-refractivity contribution in [2.75, 3.05) is 31.0 Å². The molecular weight excluding hydrogens is 498 g/mol. The highest BCUT2D eigenvalue weighted by Gasteiger charge is 2.42. The first kappa shape index (κ1) is 25.9. The second kappa shape index (κ2) is 10.5. The Morgan fingerprint density at radius 3 is 2.61 bits per heavy atom. The molecule has 2 aromatic carbocycles. The predicted molar refractivity (Wildman–Crippen MR) is 151 cm³/mol. The van der Waals surface area contributed by atoms with E-state index in [9.17, 15) is 9.59 Å². The molecule has 0 spiro atoms. The molecule has 1 aromatic heterocycles. The molecule has 2 aliphatic rings. The number of benzene rings is 2. The number of thiophene rings is 1. The van der Waals surface area contributed by atoms with Gasteiger partial charge in [-0.15, -0.1) is 11.3 Å². The molecule has 0 fully saturated rings. The van der Waals surface area contributed by atoms with Gasteiger partial charge in [-0.3, -0.25) is 9.59 Å². The quantitative estimate of drug-likeness (QED) is 0.407. The molecule has 1 unspecified atom stereocenters. The highest BCUT2D eigenvalue weighted by Crippen LogP contribution is 2.49. The standard InChI is InChI=1S/C30H33N3O4S/c1-30(2)15-22-28(24(34)16-30)29(19-11-12-25(36-3)26(14-19)37-4)33(23-10-6-5-9-21(23)32-22)18-27(35)31-17-20-8-7-13-38-20/h5-14,29,32H,15-18H2,1-4H3,(H,31,35). The molecule has 198 valence electrons. The lowest BCUT2D eigenvalue weighted by molar-refractivity contribution is -0.120. The van der Waals surface area contributed by atoms with Crippen molar-refractivity contribution in [1.29, 1.82) is 0 Å². The van der Waals surface area contributed by atoms with Crippen molar-refractivity contribution in [3.05, 3.63) is 81.7 Å². The van der Waals surface area contributed by atoms with Gasteiger partial charge in [0.25, 0.3) is 0 Å². The van der Waals surface area contributed by atoms with Crippen molar-refractivity contribution in [3.8, 4) is 11.5 Å². The van der Waals surface area contributed by atoms with Crippen LogP contribution in [0.5, 0.6) is 11.5 Å². The lowest BCUT2D eigenvalue weighted by Gasteiger charge is -2.38. The van der Waals surface area contributed by atoms with Gasteiger partial charge < -0.3 is 25.0 Å². The van der Waals surface area contributed by atoms with Crippen LogP contribution in [0.2, 0.25) is 0 Å². The molecule has 0 saturated heterocycles. The summed E-state index contributed by atoms with van der Waals surface area (Å²) in [5.41, 5.74) is 4.01. The maximum atomic E-state index is 13.8. The van der Waals surface area contributed by atoms with Crippen molar-refractivity contribution >= 4 is 34.4 Å². The van der Waals surface area contributed by atoms with Crippen LogP contribution < -0.4 is 25.0 Å². The summed E-state index contributed by atoms with van der Waals surface area (Å²) in [4.78, 5) is 30.3. The molecule has 38 heavy (non-hydrogen) atoms. The first-order valence-electron chi connectivity index (χ1n) is 12.7. The summed E-state index contributed by atoms with van der Waals surface area (Å²) in [7, 11) is 3.20. The van der Waals surface area contributed by atoms with Gasteiger partial charge in [-0.2, -0.15) is 0 Å². The Bertz CT molecular complexity index is 1380. The number of hydrogen-bond acceptors (Lipinski definition) is 7. The average Bonchev–Trinajstić information content (AvgIpc) is 3.37. The SMILES string of the molecule is COc1ccc(C2C3=C(CC(C)(C)CC3=O)Nc3ccccc3N2CC(=O)NCc2cccs2)cc1OC. The zero-order valence-corrected chi connectivity index (χ0v) is 23.0. The van der Waals surface area contributed by atoms with Crippen LogP contribution in [0.4, 0.5) is 11.4 Å². The van der Waals surface area contributed by atoms with Gasteiger partial charge in [-0.05, 0) is 53.1 Å². The van der Waals surface area contributed by atoms with Gasteiger partial charge in [-0.1, -0.05) is 38.1 Å². The Morgan fingerprint density at radius 2 is 1.87 bits per heavy atom. The van der Waals surface area contributed by atoms with Crippen molar-refractivity contribution < 1.29 is 19.1 Å². The highest BCUT2D eigenvalue weighted by molar-refractivity contribution is 7.09. The number of nitrogens with zero attached hydrogens (tertiary/aromatic N) is 1. The monoisotopic (exact) mass is 531 g/mol. The summed E-state index contributed by atoms with van der Waals surface area (Å²) in [6.45, 7) is 4.78. The fourth-order valence-corrected chi connectivity index (χ4v) is 6.05. The molecule has 0 saturated carbocycles. The maximum absolute atomic E-state index is 13.8. The second-order valence-electron chi connectivity index (χ2n) is 10.5.